The molecule has 1 fully saturated rings. The van der Waals surface area contributed by atoms with Gasteiger partial charge in [0.25, 0.3) is 5.91 Å². The Balaban J connectivity index is 2.22. The van der Waals surface area contributed by atoms with E-state index in [1.165, 1.54) is 12.0 Å². The molecule has 0 radical (unpaired) electrons. The number of benzene rings is 1. The molecule has 1 aromatic carbocycles. The summed E-state index contributed by atoms with van der Waals surface area (Å²) in [5, 5.41) is 9.37. The summed E-state index contributed by atoms with van der Waals surface area (Å²) >= 11 is 0. The minimum Gasteiger partial charge on any atom is -0.480 e. The van der Waals surface area contributed by atoms with E-state index < -0.39 is 18.1 Å². The van der Waals surface area contributed by atoms with E-state index in [4.69, 9.17) is 4.74 Å². The Morgan fingerprint density at radius 1 is 1.33 bits per heavy atom. The normalized spacial score (nSPS) is 23.6. The highest BCUT2D eigenvalue weighted by atomic mass is 16.5. The quantitative estimate of drug-likeness (QED) is 0.922. The van der Waals surface area contributed by atoms with Gasteiger partial charge >= 0.3 is 5.97 Å². The number of methoxy groups -OCH3 is 1. The Hall–Kier alpha value is -1.88. The summed E-state index contributed by atoms with van der Waals surface area (Å²) in [6.45, 7) is 2.48. The Kier molecular flexibility index (Phi) is 4.96. The van der Waals surface area contributed by atoms with E-state index in [0.29, 0.717) is 18.9 Å². The maximum atomic E-state index is 12.7. The van der Waals surface area contributed by atoms with E-state index >= 15 is 0 Å². The zero-order valence-electron chi connectivity index (χ0n) is 12.4. The smallest absolute Gasteiger partial charge is 0.326 e. The van der Waals surface area contributed by atoms with Gasteiger partial charge in [-0.15, -0.1) is 0 Å². The highest BCUT2D eigenvalue weighted by molar-refractivity contribution is 5.87. The van der Waals surface area contributed by atoms with E-state index in [1.807, 2.05) is 37.3 Å². The number of piperidine rings is 1. The first-order valence-electron chi connectivity index (χ1n) is 7.15. The Morgan fingerprint density at radius 3 is 2.57 bits per heavy atom. The molecule has 1 amide bonds. The van der Waals surface area contributed by atoms with Crippen molar-refractivity contribution in [2.45, 2.75) is 31.9 Å². The van der Waals surface area contributed by atoms with Gasteiger partial charge in [-0.2, -0.15) is 0 Å². The predicted molar refractivity (Wildman–Crippen MR) is 77.7 cm³/mol. The average Bonchev–Trinajstić information content (AvgIpc) is 2.48. The van der Waals surface area contributed by atoms with Crippen molar-refractivity contribution in [2.75, 3.05) is 13.7 Å². The van der Waals surface area contributed by atoms with Crippen molar-refractivity contribution >= 4 is 11.9 Å². The molecule has 2 rings (SSSR count). The Labute approximate surface area is 124 Å². The van der Waals surface area contributed by atoms with Gasteiger partial charge in [-0.1, -0.05) is 37.3 Å². The minimum absolute atomic E-state index is 0.275. The molecule has 1 N–H and O–H groups in total. The molecule has 1 aliphatic heterocycles. The number of nitrogens with zero attached hydrogens (tertiary/aromatic N) is 1. The first-order valence-corrected chi connectivity index (χ1v) is 7.15. The number of carboxylic acid groups (broad SMARTS) is 1. The summed E-state index contributed by atoms with van der Waals surface area (Å²) in [7, 11) is 1.47. The predicted octanol–water partition coefficient (Wildman–Crippen LogP) is 2.09. The van der Waals surface area contributed by atoms with Gasteiger partial charge < -0.3 is 14.7 Å². The molecule has 0 spiro atoms. The molecule has 1 heterocycles. The fraction of sp³-hybridized carbons (Fsp3) is 0.500. The topological polar surface area (TPSA) is 66.8 Å². The molecule has 3 unspecified atom stereocenters. The third kappa shape index (κ3) is 3.42. The third-order valence-corrected chi connectivity index (χ3v) is 4.00. The standard InChI is InChI=1S/C16H21NO4/c1-11-8-9-17(13(10-11)16(19)20)15(18)14(21-2)12-6-4-3-5-7-12/h3-7,11,13-14H,8-10H2,1-2H3,(H,19,20). The zero-order chi connectivity index (χ0) is 15.4. The Bertz CT molecular complexity index is 502. The van der Waals surface area contributed by atoms with Crippen molar-refractivity contribution in [3.8, 4) is 0 Å². The molecule has 5 heteroatoms. The first kappa shape index (κ1) is 15.5. The molecular formula is C16H21NO4. The maximum absolute atomic E-state index is 12.7. The van der Waals surface area contributed by atoms with Crippen LogP contribution in [0.1, 0.15) is 31.4 Å². The van der Waals surface area contributed by atoms with Gasteiger partial charge in [0.15, 0.2) is 6.10 Å². The third-order valence-electron chi connectivity index (χ3n) is 4.00. The lowest BCUT2D eigenvalue weighted by Gasteiger charge is -2.37. The van der Waals surface area contributed by atoms with Crippen molar-refractivity contribution in [1.29, 1.82) is 0 Å². The molecule has 1 saturated heterocycles. The fourth-order valence-electron chi connectivity index (χ4n) is 2.80. The van der Waals surface area contributed by atoms with Crippen molar-refractivity contribution in [3.63, 3.8) is 0 Å². The largest absolute Gasteiger partial charge is 0.480 e. The highest BCUT2D eigenvalue weighted by Gasteiger charge is 2.38. The summed E-state index contributed by atoms with van der Waals surface area (Å²) in [4.78, 5) is 25.6. The van der Waals surface area contributed by atoms with Gasteiger partial charge in [-0.25, -0.2) is 4.79 Å². The van der Waals surface area contributed by atoms with Crippen LogP contribution in [-0.4, -0.2) is 41.6 Å². The van der Waals surface area contributed by atoms with E-state index in [-0.39, 0.29) is 5.91 Å². The monoisotopic (exact) mass is 291 g/mol. The lowest BCUT2D eigenvalue weighted by atomic mass is 9.91. The molecule has 1 aliphatic rings. The second kappa shape index (κ2) is 6.72. The average molecular weight is 291 g/mol. The lowest BCUT2D eigenvalue weighted by Crippen LogP contribution is -2.51. The maximum Gasteiger partial charge on any atom is 0.326 e. The molecule has 0 aliphatic carbocycles. The van der Waals surface area contributed by atoms with Crippen LogP contribution in [0.25, 0.3) is 0 Å². The molecular weight excluding hydrogens is 270 g/mol. The fourth-order valence-corrected chi connectivity index (χ4v) is 2.80. The highest BCUT2D eigenvalue weighted by Crippen LogP contribution is 2.27. The van der Waals surface area contributed by atoms with Crippen molar-refractivity contribution in [2.24, 2.45) is 5.92 Å². The molecule has 3 atom stereocenters. The molecule has 0 bridgehead atoms. The number of carbonyl (C=O) groups is 2. The lowest BCUT2D eigenvalue weighted by molar-refractivity contribution is -0.158. The molecule has 21 heavy (non-hydrogen) atoms. The van der Waals surface area contributed by atoms with Crippen LogP contribution in [0.2, 0.25) is 0 Å². The van der Waals surface area contributed by atoms with Crippen LogP contribution >= 0.6 is 0 Å². The van der Waals surface area contributed by atoms with E-state index in [0.717, 1.165) is 12.0 Å². The van der Waals surface area contributed by atoms with Gasteiger partial charge in [0.2, 0.25) is 0 Å². The number of likely N-dealkylation sites (tertiary alicyclic amines) is 1. The van der Waals surface area contributed by atoms with Crippen molar-refractivity contribution in [3.05, 3.63) is 35.9 Å². The summed E-state index contributed by atoms with van der Waals surface area (Å²) in [5.74, 6) is -0.909. The summed E-state index contributed by atoms with van der Waals surface area (Å²) in [6, 6.07) is 8.40. The Morgan fingerprint density at radius 2 is 2.00 bits per heavy atom. The summed E-state index contributed by atoms with van der Waals surface area (Å²) < 4.78 is 5.32. The molecule has 0 aromatic heterocycles. The van der Waals surface area contributed by atoms with Gasteiger partial charge in [-0.3, -0.25) is 4.79 Å². The van der Waals surface area contributed by atoms with Crippen LogP contribution in [0.5, 0.6) is 0 Å². The number of hydrogen-bond acceptors (Lipinski definition) is 3. The van der Waals surface area contributed by atoms with Crippen molar-refractivity contribution < 1.29 is 19.4 Å². The summed E-state index contributed by atoms with van der Waals surface area (Å²) in [5.41, 5.74) is 0.743. The van der Waals surface area contributed by atoms with Gasteiger partial charge in [0, 0.05) is 13.7 Å². The van der Waals surface area contributed by atoms with Crippen molar-refractivity contribution in [1.82, 2.24) is 4.90 Å². The van der Waals surface area contributed by atoms with Crippen LogP contribution in [0, 0.1) is 5.92 Å². The first-order chi connectivity index (χ1) is 10.0. The van der Waals surface area contributed by atoms with E-state index in [9.17, 15) is 14.7 Å². The number of carbonyl (C=O) groups excluding carboxylic acids is 1. The van der Waals surface area contributed by atoms with E-state index in [2.05, 4.69) is 0 Å². The number of rotatable bonds is 4. The van der Waals surface area contributed by atoms with Gasteiger partial charge in [0.1, 0.15) is 6.04 Å². The SMILES string of the molecule is COC(C(=O)N1CCC(C)CC1C(=O)O)c1ccccc1. The number of amides is 1. The van der Waals surface area contributed by atoms with Gasteiger partial charge in [0.05, 0.1) is 0 Å². The van der Waals surface area contributed by atoms with Crippen LogP contribution < -0.4 is 0 Å². The minimum atomic E-state index is -0.946. The number of aliphatic carboxylic acids is 1. The van der Waals surface area contributed by atoms with Crippen LogP contribution in [-0.2, 0) is 14.3 Å². The van der Waals surface area contributed by atoms with E-state index in [1.54, 1.807) is 0 Å². The second-order valence-corrected chi connectivity index (χ2v) is 5.54. The molecule has 1 aromatic rings. The van der Waals surface area contributed by atoms with Gasteiger partial charge in [-0.05, 0) is 24.3 Å². The molecule has 0 saturated carbocycles. The number of ether oxygens (including phenoxy) is 1. The number of carboxylic acids is 1. The molecule has 5 nitrogen and oxygen atoms in total. The number of hydrogen-bond donors (Lipinski definition) is 1. The van der Waals surface area contributed by atoms with Crippen LogP contribution in [0.15, 0.2) is 30.3 Å². The zero-order valence-corrected chi connectivity index (χ0v) is 12.4. The second-order valence-electron chi connectivity index (χ2n) is 5.54. The molecule has 114 valence electrons. The van der Waals surface area contributed by atoms with Crippen LogP contribution in [0.3, 0.4) is 0 Å². The van der Waals surface area contributed by atoms with Crippen LogP contribution in [0.4, 0.5) is 0 Å². The summed E-state index contributed by atoms with van der Waals surface area (Å²) in [6.07, 6.45) is 0.564.